The van der Waals surface area contributed by atoms with Gasteiger partial charge in [0.15, 0.2) is 5.78 Å². The minimum absolute atomic E-state index is 0.0122. The molecule has 0 radical (unpaired) electrons. The lowest BCUT2D eigenvalue weighted by molar-refractivity contribution is -0.139. The summed E-state index contributed by atoms with van der Waals surface area (Å²) in [5.41, 5.74) is 4.24. The van der Waals surface area contributed by atoms with Gasteiger partial charge in [-0.25, -0.2) is 4.79 Å². The molecule has 0 aromatic heterocycles. The molecule has 184 valence electrons. The number of hydrogen-bond donors (Lipinski definition) is 1. The fraction of sp³-hybridized carbons (Fsp3) is 0.357. The number of benzene rings is 2. The lowest BCUT2D eigenvalue weighted by Crippen LogP contribution is -2.36. The Balaban J connectivity index is 1.84. The summed E-state index contributed by atoms with van der Waals surface area (Å²) in [7, 11) is 3.16. The van der Waals surface area contributed by atoms with Gasteiger partial charge in [0.1, 0.15) is 11.5 Å². The van der Waals surface area contributed by atoms with E-state index in [0.717, 1.165) is 11.3 Å². The Morgan fingerprint density at radius 1 is 1.09 bits per heavy atom. The van der Waals surface area contributed by atoms with Crippen molar-refractivity contribution in [3.8, 4) is 11.5 Å². The maximum atomic E-state index is 13.7. The van der Waals surface area contributed by atoms with Crippen molar-refractivity contribution in [3.63, 3.8) is 0 Å². The van der Waals surface area contributed by atoms with Crippen molar-refractivity contribution in [1.29, 1.82) is 0 Å². The highest BCUT2D eigenvalue weighted by atomic mass is 35.5. The van der Waals surface area contributed by atoms with Gasteiger partial charge in [-0.15, -0.1) is 0 Å². The number of methoxy groups -OCH3 is 2. The third-order valence-electron chi connectivity index (χ3n) is 6.57. The molecule has 0 saturated heterocycles. The van der Waals surface area contributed by atoms with E-state index in [0.29, 0.717) is 64.8 Å². The summed E-state index contributed by atoms with van der Waals surface area (Å²) in [5.74, 6) is 0.126. The van der Waals surface area contributed by atoms with E-state index in [1.807, 2.05) is 44.2 Å². The molecule has 35 heavy (non-hydrogen) atoms. The zero-order chi connectivity index (χ0) is 25.1. The van der Waals surface area contributed by atoms with Crippen molar-refractivity contribution < 1.29 is 23.8 Å². The number of Topliss-reactive ketones (excluding diaryl/α,β-unsaturated/α-hetero) is 1. The van der Waals surface area contributed by atoms with Gasteiger partial charge < -0.3 is 19.5 Å². The lowest BCUT2D eigenvalue weighted by atomic mass is 9.71. The van der Waals surface area contributed by atoms with E-state index in [1.54, 1.807) is 26.4 Å². The van der Waals surface area contributed by atoms with Crippen LogP contribution >= 0.6 is 11.6 Å². The molecule has 2 aliphatic rings. The number of rotatable bonds is 7. The van der Waals surface area contributed by atoms with Gasteiger partial charge >= 0.3 is 5.97 Å². The average Bonchev–Trinajstić information content (AvgIpc) is 2.86. The summed E-state index contributed by atoms with van der Waals surface area (Å²) in [4.78, 5) is 27.0. The smallest absolute Gasteiger partial charge is 0.336 e. The largest absolute Gasteiger partial charge is 0.497 e. The molecule has 0 bridgehead atoms. The quantitative estimate of drug-likeness (QED) is 0.499. The number of dihydropyridines is 1. The molecule has 0 amide bonds. The maximum absolute atomic E-state index is 13.7. The van der Waals surface area contributed by atoms with E-state index in [9.17, 15) is 9.59 Å². The van der Waals surface area contributed by atoms with Crippen molar-refractivity contribution in [2.75, 3.05) is 20.8 Å². The van der Waals surface area contributed by atoms with Crippen molar-refractivity contribution >= 4 is 23.4 Å². The number of ketones is 1. The first-order valence-corrected chi connectivity index (χ1v) is 12.1. The van der Waals surface area contributed by atoms with Gasteiger partial charge in [-0.2, -0.15) is 0 Å². The van der Waals surface area contributed by atoms with Crippen molar-refractivity contribution in [2.45, 2.75) is 44.9 Å². The zero-order valence-corrected chi connectivity index (χ0v) is 21.2. The van der Waals surface area contributed by atoms with Crippen LogP contribution in [0.4, 0.5) is 0 Å². The van der Waals surface area contributed by atoms with E-state index < -0.39 is 11.9 Å². The van der Waals surface area contributed by atoms with Crippen molar-refractivity contribution in [1.82, 2.24) is 5.32 Å². The molecule has 1 aliphatic carbocycles. The fourth-order valence-electron chi connectivity index (χ4n) is 4.93. The van der Waals surface area contributed by atoms with Gasteiger partial charge in [-0.05, 0) is 61.6 Å². The molecule has 6 nitrogen and oxygen atoms in total. The Kier molecular flexibility index (Phi) is 7.51. The Labute approximate surface area is 210 Å². The Bertz CT molecular complexity index is 1200. The van der Waals surface area contributed by atoms with Gasteiger partial charge in [0.05, 0.1) is 32.3 Å². The summed E-state index contributed by atoms with van der Waals surface area (Å²) in [6.07, 6.45) is 1.68. The van der Waals surface area contributed by atoms with Crippen molar-refractivity contribution in [2.24, 2.45) is 0 Å². The van der Waals surface area contributed by atoms with Crippen LogP contribution < -0.4 is 14.8 Å². The monoisotopic (exact) mass is 495 g/mol. The van der Waals surface area contributed by atoms with Crippen LogP contribution in [0, 0.1) is 0 Å². The average molecular weight is 496 g/mol. The number of ether oxygens (including phenoxy) is 3. The molecular weight excluding hydrogens is 466 g/mol. The molecule has 1 N–H and O–H groups in total. The molecule has 2 atom stereocenters. The van der Waals surface area contributed by atoms with Crippen LogP contribution in [0.5, 0.6) is 11.5 Å². The van der Waals surface area contributed by atoms with Crippen LogP contribution in [0.3, 0.4) is 0 Å². The lowest BCUT2D eigenvalue weighted by Gasteiger charge is -2.37. The number of halogens is 1. The molecule has 0 spiro atoms. The number of carbonyl (C=O) groups is 2. The Morgan fingerprint density at radius 3 is 2.49 bits per heavy atom. The fourth-order valence-corrected chi connectivity index (χ4v) is 5.05. The highest BCUT2D eigenvalue weighted by molar-refractivity contribution is 6.30. The second kappa shape index (κ2) is 10.6. The van der Waals surface area contributed by atoms with Gasteiger partial charge in [0.25, 0.3) is 0 Å². The molecule has 4 rings (SSSR count). The van der Waals surface area contributed by atoms with Crippen LogP contribution in [0.15, 0.2) is 65.0 Å². The number of hydrogen-bond acceptors (Lipinski definition) is 6. The Morgan fingerprint density at radius 2 is 1.83 bits per heavy atom. The van der Waals surface area contributed by atoms with Crippen LogP contribution in [0.1, 0.15) is 56.1 Å². The van der Waals surface area contributed by atoms with Crippen LogP contribution in [0.2, 0.25) is 5.02 Å². The molecule has 2 aromatic rings. The van der Waals surface area contributed by atoms with E-state index in [1.165, 1.54) is 0 Å². The highest BCUT2D eigenvalue weighted by Crippen LogP contribution is 2.48. The summed E-state index contributed by atoms with van der Waals surface area (Å²) >= 11 is 6.07. The Hall–Kier alpha value is -3.25. The molecule has 0 saturated carbocycles. The number of allylic oxidation sites excluding steroid dienone is 3. The first-order chi connectivity index (χ1) is 16.9. The highest BCUT2D eigenvalue weighted by Gasteiger charge is 2.42. The number of carbonyl (C=O) groups excluding carboxylic acids is 2. The zero-order valence-electron chi connectivity index (χ0n) is 20.4. The molecule has 1 aliphatic heterocycles. The maximum Gasteiger partial charge on any atom is 0.336 e. The third-order valence-corrected chi connectivity index (χ3v) is 6.83. The van der Waals surface area contributed by atoms with Crippen LogP contribution in [-0.4, -0.2) is 32.6 Å². The van der Waals surface area contributed by atoms with E-state index in [-0.39, 0.29) is 11.7 Å². The number of nitrogens with one attached hydrogen (secondary N) is 1. The first kappa shape index (κ1) is 24.9. The SMILES string of the molecule is CCCOC(=O)C1=C(C)NC2=C(C(=O)C[C@@H](c3ccc(Cl)cc3)C2)[C@@H]1c1cc(OC)ccc1OC. The van der Waals surface area contributed by atoms with Gasteiger partial charge in [-0.1, -0.05) is 30.7 Å². The second-order valence-electron chi connectivity index (χ2n) is 8.81. The summed E-state index contributed by atoms with van der Waals surface area (Å²) < 4.78 is 16.7. The second-order valence-corrected chi connectivity index (χ2v) is 9.25. The van der Waals surface area contributed by atoms with E-state index >= 15 is 0 Å². The molecule has 0 fully saturated rings. The third kappa shape index (κ3) is 4.94. The predicted molar refractivity (Wildman–Crippen MR) is 135 cm³/mol. The minimum atomic E-state index is -0.626. The van der Waals surface area contributed by atoms with Crippen molar-refractivity contribution in [3.05, 3.63) is 81.2 Å². The van der Waals surface area contributed by atoms with E-state index in [2.05, 4.69) is 5.32 Å². The molecule has 2 aromatic carbocycles. The topological polar surface area (TPSA) is 73.9 Å². The molecular formula is C28H30ClNO5. The van der Waals surface area contributed by atoms with Crippen LogP contribution in [0.25, 0.3) is 0 Å². The first-order valence-electron chi connectivity index (χ1n) is 11.8. The van der Waals surface area contributed by atoms with Gasteiger partial charge in [0, 0.05) is 34.0 Å². The van der Waals surface area contributed by atoms with Gasteiger partial charge in [0.2, 0.25) is 0 Å². The molecule has 0 unspecified atom stereocenters. The summed E-state index contributed by atoms with van der Waals surface area (Å²) in [6, 6.07) is 13.0. The summed E-state index contributed by atoms with van der Waals surface area (Å²) in [5, 5.41) is 4.03. The molecule has 1 heterocycles. The summed E-state index contributed by atoms with van der Waals surface area (Å²) in [6.45, 7) is 4.09. The molecule has 7 heteroatoms. The minimum Gasteiger partial charge on any atom is -0.497 e. The number of esters is 1. The van der Waals surface area contributed by atoms with Crippen LogP contribution in [-0.2, 0) is 14.3 Å². The standard InChI is InChI=1S/C28H30ClNO5/c1-5-12-35-28(32)25-16(2)30-22-13-18(17-6-8-19(29)9-7-17)14-23(31)27(22)26(25)21-15-20(33-3)10-11-24(21)34-4/h6-11,15,18,26,30H,5,12-14H2,1-4H3/t18-,26+/m0/s1. The van der Waals surface area contributed by atoms with E-state index in [4.69, 9.17) is 25.8 Å². The normalized spacial score (nSPS) is 19.7. The van der Waals surface area contributed by atoms with Gasteiger partial charge in [-0.3, -0.25) is 4.79 Å². The predicted octanol–water partition coefficient (Wildman–Crippen LogP) is 5.67.